The lowest BCUT2D eigenvalue weighted by Gasteiger charge is -2.41. The lowest BCUT2D eigenvalue weighted by molar-refractivity contribution is -0.163. The molecule has 0 aliphatic carbocycles. The van der Waals surface area contributed by atoms with Gasteiger partial charge in [0.1, 0.15) is 17.6 Å². The van der Waals surface area contributed by atoms with Crippen LogP contribution in [0.2, 0.25) is 5.02 Å². The van der Waals surface area contributed by atoms with Crippen molar-refractivity contribution in [2.75, 3.05) is 24.7 Å². The third-order valence-electron chi connectivity index (χ3n) is 9.85. The van der Waals surface area contributed by atoms with E-state index in [0.29, 0.717) is 30.0 Å². The molecule has 2 amide bonds. The molecule has 3 aliphatic heterocycles. The molecule has 0 radical (unpaired) electrons. The van der Waals surface area contributed by atoms with Crippen LogP contribution in [-0.4, -0.2) is 70.8 Å². The predicted octanol–water partition coefficient (Wildman–Crippen LogP) is 5.18. The molecule has 4 rings (SSSR count). The van der Waals surface area contributed by atoms with Gasteiger partial charge in [-0.25, -0.2) is 0 Å². The molecule has 2 bridgehead atoms. The van der Waals surface area contributed by atoms with Crippen LogP contribution in [0, 0.1) is 23.7 Å². The van der Waals surface area contributed by atoms with Crippen LogP contribution in [0.4, 0.5) is 5.69 Å². The lowest BCUT2D eigenvalue weighted by atomic mass is 9.62. The number of halogens is 1. The van der Waals surface area contributed by atoms with Crippen molar-refractivity contribution in [2.45, 2.75) is 83.1 Å². The molecule has 3 fully saturated rings. The first-order valence-corrected chi connectivity index (χ1v) is 15.5. The number of fused-ring (bicyclic) bond motifs is 1. The van der Waals surface area contributed by atoms with Crippen molar-refractivity contribution in [3.8, 4) is 0 Å². The van der Waals surface area contributed by atoms with E-state index in [4.69, 9.17) is 21.1 Å². The fraction of sp³-hybridized carbons (Fsp3) is 0.606. The minimum Gasteiger partial charge on any atom is -0.465 e. The van der Waals surface area contributed by atoms with E-state index in [1.165, 1.54) is 4.90 Å². The lowest BCUT2D eigenvalue weighted by Crippen LogP contribution is -2.60. The van der Waals surface area contributed by atoms with Crippen LogP contribution < -0.4 is 4.90 Å². The van der Waals surface area contributed by atoms with Gasteiger partial charge in [0.15, 0.2) is 0 Å². The van der Waals surface area contributed by atoms with E-state index < -0.39 is 41.1 Å². The first-order valence-electron chi connectivity index (χ1n) is 15.1. The molecule has 9 heteroatoms. The van der Waals surface area contributed by atoms with Crippen LogP contribution in [0.3, 0.4) is 0 Å². The van der Waals surface area contributed by atoms with Gasteiger partial charge in [0, 0.05) is 17.3 Å². The van der Waals surface area contributed by atoms with Gasteiger partial charge in [0.2, 0.25) is 5.91 Å². The predicted molar refractivity (Wildman–Crippen MR) is 163 cm³/mol. The third kappa shape index (κ3) is 5.31. The van der Waals surface area contributed by atoms with Gasteiger partial charge >= 0.3 is 5.97 Å². The van der Waals surface area contributed by atoms with Crippen molar-refractivity contribution in [2.24, 2.45) is 23.7 Å². The van der Waals surface area contributed by atoms with Crippen molar-refractivity contribution in [3.05, 3.63) is 54.6 Å². The summed E-state index contributed by atoms with van der Waals surface area (Å²) >= 11 is 6.14. The van der Waals surface area contributed by atoms with Gasteiger partial charge in [0.25, 0.3) is 5.91 Å². The van der Waals surface area contributed by atoms with Crippen LogP contribution in [0.5, 0.6) is 0 Å². The number of amides is 2. The number of hydrogen-bond donors (Lipinski definition) is 1. The summed E-state index contributed by atoms with van der Waals surface area (Å²) in [6.07, 6.45) is 6.93. The summed E-state index contributed by atoms with van der Waals surface area (Å²) in [5.41, 5.74) is -1.62. The maximum Gasteiger partial charge on any atom is 0.312 e. The van der Waals surface area contributed by atoms with Gasteiger partial charge in [-0.3, -0.25) is 14.4 Å². The maximum absolute atomic E-state index is 14.8. The molecule has 3 aliphatic rings. The Balaban J connectivity index is 1.80. The number of nitrogens with zero attached hydrogens (tertiary/aromatic N) is 2. The second-order valence-corrected chi connectivity index (χ2v) is 12.7. The van der Waals surface area contributed by atoms with Crippen LogP contribution in [-0.2, 0) is 23.9 Å². The van der Waals surface area contributed by atoms with Crippen molar-refractivity contribution < 1.29 is 29.0 Å². The summed E-state index contributed by atoms with van der Waals surface area (Å²) in [6, 6.07) is 5.23. The molecule has 0 aromatic heterocycles. The van der Waals surface area contributed by atoms with E-state index in [1.54, 1.807) is 35.2 Å². The van der Waals surface area contributed by atoms with Gasteiger partial charge in [-0.1, -0.05) is 50.9 Å². The van der Waals surface area contributed by atoms with E-state index in [9.17, 15) is 19.5 Å². The number of unbranched alkanes of at least 4 members (excludes halogenated alkanes) is 2. The Morgan fingerprint density at radius 2 is 1.95 bits per heavy atom. The fourth-order valence-corrected chi connectivity index (χ4v) is 7.49. The number of ether oxygens (including phenoxy) is 2. The second kappa shape index (κ2) is 12.9. The van der Waals surface area contributed by atoms with Crippen molar-refractivity contribution >= 4 is 35.1 Å². The Morgan fingerprint density at radius 3 is 2.55 bits per heavy atom. The molecular weight excluding hydrogens is 556 g/mol. The highest BCUT2D eigenvalue weighted by atomic mass is 35.5. The quantitative estimate of drug-likeness (QED) is 0.180. The second-order valence-electron chi connectivity index (χ2n) is 12.3. The van der Waals surface area contributed by atoms with Crippen molar-refractivity contribution in [1.82, 2.24) is 4.90 Å². The number of anilines is 1. The number of aliphatic hydroxyl groups is 1. The molecule has 3 saturated heterocycles. The first kappa shape index (κ1) is 32.2. The molecule has 230 valence electrons. The van der Waals surface area contributed by atoms with Crippen LogP contribution in [0.15, 0.2) is 49.6 Å². The van der Waals surface area contributed by atoms with Crippen LogP contribution in [0.1, 0.15) is 59.8 Å². The number of likely N-dealkylation sites (tertiary alicyclic amines) is 1. The minimum absolute atomic E-state index is 0.103. The SMILES string of the molecule is C=CCCCCOC(=O)[C@H]1[C@H]2C(=O)N([C@@H](CO)[C@@H](C)CC)C(C(=O)N(CC=C)c3ccc(Cl)cc3)C23CC(C)[C@]1(C)O3. The highest BCUT2D eigenvalue weighted by molar-refractivity contribution is 6.30. The molecule has 3 heterocycles. The van der Waals surface area contributed by atoms with Crippen LogP contribution >= 0.6 is 11.6 Å². The summed E-state index contributed by atoms with van der Waals surface area (Å²) < 4.78 is 12.6. The number of aliphatic hydroxyl groups excluding tert-OH is 1. The molecule has 1 spiro atoms. The average molecular weight is 601 g/mol. The van der Waals surface area contributed by atoms with E-state index in [2.05, 4.69) is 13.2 Å². The molecule has 1 aromatic rings. The number of rotatable bonds is 14. The number of hydrogen-bond acceptors (Lipinski definition) is 6. The zero-order valence-electron chi connectivity index (χ0n) is 25.3. The molecule has 42 heavy (non-hydrogen) atoms. The Labute approximate surface area is 254 Å². The fourth-order valence-electron chi connectivity index (χ4n) is 7.36. The topological polar surface area (TPSA) is 96.4 Å². The molecular formula is C33H45ClN2O6. The summed E-state index contributed by atoms with van der Waals surface area (Å²) in [4.78, 5) is 46.2. The van der Waals surface area contributed by atoms with Crippen molar-refractivity contribution in [3.63, 3.8) is 0 Å². The van der Waals surface area contributed by atoms with E-state index in [0.717, 1.165) is 12.8 Å². The van der Waals surface area contributed by atoms with Gasteiger partial charge in [0.05, 0.1) is 30.8 Å². The van der Waals surface area contributed by atoms with Crippen LogP contribution in [0.25, 0.3) is 0 Å². The van der Waals surface area contributed by atoms with Gasteiger partial charge in [-0.2, -0.15) is 0 Å². The molecule has 1 aromatic carbocycles. The minimum atomic E-state index is -1.25. The maximum atomic E-state index is 14.8. The molecule has 3 unspecified atom stereocenters. The Morgan fingerprint density at radius 1 is 1.26 bits per heavy atom. The van der Waals surface area contributed by atoms with Gasteiger partial charge < -0.3 is 24.4 Å². The molecule has 0 saturated carbocycles. The Bertz CT molecular complexity index is 1190. The Kier molecular flexibility index (Phi) is 9.90. The number of benzene rings is 1. The number of esters is 1. The van der Waals surface area contributed by atoms with Crippen molar-refractivity contribution in [1.29, 1.82) is 0 Å². The Hall–Kier alpha value is -2.68. The standard InChI is InChI=1S/C33H45ClN2O6/c1-7-10-11-12-18-41-31(40)27-26-29(38)36(25(20-37)21(4)9-3)28(33(26)19-22(5)32(27,6)42-33)30(39)35(17-8-2)24-15-13-23(34)14-16-24/h7-8,13-16,21-22,25-28,37H,1-2,9-12,17-20H2,3-6H3/t21-,22?,25-,26-,27+,28?,32-,33?/m0/s1. The normalized spacial score (nSPS) is 31.0. The number of allylic oxidation sites excluding steroid dienone is 1. The highest BCUT2D eigenvalue weighted by Crippen LogP contribution is 2.66. The van der Waals surface area contributed by atoms with E-state index >= 15 is 0 Å². The zero-order valence-corrected chi connectivity index (χ0v) is 26.0. The number of carbonyl (C=O) groups excluding carboxylic acids is 3. The molecule has 1 N–H and O–H groups in total. The van der Waals surface area contributed by atoms with Gasteiger partial charge in [-0.15, -0.1) is 13.2 Å². The van der Waals surface area contributed by atoms with Gasteiger partial charge in [-0.05, 0) is 68.7 Å². The van der Waals surface area contributed by atoms with E-state index in [-0.39, 0.29) is 43.4 Å². The summed E-state index contributed by atoms with van der Waals surface area (Å²) in [6.45, 7) is 15.5. The summed E-state index contributed by atoms with van der Waals surface area (Å²) in [5.74, 6) is -3.14. The summed E-state index contributed by atoms with van der Waals surface area (Å²) in [7, 11) is 0. The first-order chi connectivity index (χ1) is 20.0. The molecule has 8 nitrogen and oxygen atoms in total. The average Bonchev–Trinajstić information content (AvgIpc) is 3.48. The third-order valence-corrected chi connectivity index (χ3v) is 10.1. The monoisotopic (exact) mass is 600 g/mol. The smallest absolute Gasteiger partial charge is 0.312 e. The number of carbonyl (C=O) groups is 3. The summed E-state index contributed by atoms with van der Waals surface area (Å²) in [5, 5.41) is 11.1. The highest BCUT2D eigenvalue weighted by Gasteiger charge is 2.81. The van der Waals surface area contributed by atoms with E-state index in [1.807, 2.05) is 33.8 Å². The molecule has 8 atom stereocenters. The zero-order chi connectivity index (χ0) is 30.8. The largest absolute Gasteiger partial charge is 0.465 e.